The topological polar surface area (TPSA) is 32.7 Å². The molecule has 4 aliphatic carbocycles. The standard InChI is InChI=1S/C18H31NO2/c1-4-19(15-7-8-15)10-16(20)12-21-11-13-5-6-14-9-17(13)18(14,2)3/h5,14-17,20H,4,6-12H2,1-3H3. The van der Waals surface area contributed by atoms with Crippen LogP contribution in [-0.4, -0.2) is 48.5 Å². The summed E-state index contributed by atoms with van der Waals surface area (Å²) in [7, 11) is 0. The van der Waals surface area contributed by atoms with Gasteiger partial charge in [0.1, 0.15) is 0 Å². The normalized spacial score (nSPS) is 31.8. The Morgan fingerprint density at radius 2 is 2.19 bits per heavy atom. The summed E-state index contributed by atoms with van der Waals surface area (Å²) in [5.74, 6) is 1.60. The van der Waals surface area contributed by atoms with Crippen molar-refractivity contribution in [1.29, 1.82) is 0 Å². The molecule has 0 heterocycles. The van der Waals surface area contributed by atoms with Gasteiger partial charge >= 0.3 is 0 Å². The number of aliphatic hydroxyl groups is 1. The molecule has 2 bridgehead atoms. The van der Waals surface area contributed by atoms with Crippen molar-refractivity contribution in [3.63, 3.8) is 0 Å². The van der Waals surface area contributed by atoms with Gasteiger partial charge < -0.3 is 9.84 Å². The molecule has 120 valence electrons. The van der Waals surface area contributed by atoms with Crippen LogP contribution in [0, 0.1) is 17.3 Å². The molecule has 1 N–H and O–H groups in total. The lowest BCUT2D eigenvalue weighted by molar-refractivity contribution is -0.0262. The predicted octanol–water partition coefficient (Wildman–Crippen LogP) is 2.84. The van der Waals surface area contributed by atoms with E-state index in [-0.39, 0.29) is 6.10 Å². The van der Waals surface area contributed by atoms with E-state index in [1.54, 1.807) is 0 Å². The van der Waals surface area contributed by atoms with E-state index in [1.807, 2.05) is 0 Å². The monoisotopic (exact) mass is 293 g/mol. The number of aliphatic hydroxyl groups excluding tert-OH is 1. The highest BCUT2D eigenvalue weighted by atomic mass is 16.5. The number of ether oxygens (including phenoxy) is 1. The van der Waals surface area contributed by atoms with Crippen molar-refractivity contribution in [2.24, 2.45) is 17.3 Å². The van der Waals surface area contributed by atoms with Crippen LogP contribution in [0.2, 0.25) is 0 Å². The van der Waals surface area contributed by atoms with Gasteiger partial charge in [0.05, 0.1) is 19.3 Å². The lowest BCUT2D eigenvalue weighted by Crippen LogP contribution is -2.48. The van der Waals surface area contributed by atoms with Gasteiger partial charge in [-0.25, -0.2) is 0 Å². The molecule has 0 aromatic rings. The molecule has 3 heteroatoms. The predicted molar refractivity (Wildman–Crippen MR) is 85.2 cm³/mol. The summed E-state index contributed by atoms with van der Waals surface area (Å²) < 4.78 is 5.82. The minimum atomic E-state index is -0.350. The maximum absolute atomic E-state index is 10.1. The van der Waals surface area contributed by atoms with Gasteiger partial charge in [-0.1, -0.05) is 26.8 Å². The summed E-state index contributed by atoms with van der Waals surface area (Å²) in [4.78, 5) is 2.38. The lowest BCUT2D eigenvalue weighted by Gasteiger charge is -2.56. The average molecular weight is 293 g/mol. The van der Waals surface area contributed by atoms with E-state index in [4.69, 9.17) is 4.74 Å². The van der Waals surface area contributed by atoms with Crippen LogP contribution in [0.3, 0.4) is 0 Å². The maximum atomic E-state index is 10.1. The maximum Gasteiger partial charge on any atom is 0.0900 e. The Morgan fingerprint density at radius 1 is 1.43 bits per heavy atom. The molecule has 0 aliphatic heterocycles. The minimum Gasteiger partial charge on any atom is -0.389 e. The van der Waals surface area contributed by atoms with Crippen molar-refractivity contribution in [3.05, 3.63) is 11.6 Å². The Labute approximate surface area is 129 Å². The first-order chi connectivity index (χ1) is 10.0. The molecule has 0 aromatic heterocycles. The highest BCUT2D eigenvalue weighted by Gasteiger charge is 2.50. The summed E-state index contributed by atoms with van der Waals surface area (Å²) in [6.45, 7) is 9.94. The summed E-state index contributed by atoms with van der Waals surface area (Å²) in [6, 6.07) is 0.721. The Hall–Kier alpha value is -0.380. The fourth-order valence-corrected chi connectivity index (χ4v) is 4.25. The molecule has 4 rings (SSSR count). The van der Waals surface area contributed by atoms with Crippen LogP contribution in [0.15, 0.2) is 11.6 Å². The Morgan fingerprint density at radius 3 is 2.76 bits per heavy atom. The zero-order valence-electron chi connectivity index (χ0n) is 13.8. The number of nitrogens with zero attached hydrogens (tertiary/aromatic N) is 1. The Kier molecular flexibility index (Phi) is 4.45. The molecule has 0 radical (unpaired) electrons. The second kappa shape index (κ2) is 6.02. The van der Waals surface area contributed by atoms with Crippen LogP contribution in [-0.2, 0) is 4.74 Å². The number of fused-ring (bicyclic) bond motifs is 1. The zero-order valence-corrected chi connectivity index (χ0v) is 13.8. The largest absolute Gasteiger partial charge is 0.389 e. The van der Waals surface area contributed by atoms with Crippen molar-refractivity contribution in [1.82, 2.24) is 4.90 Å². The first-order valence-electron chi connectivity index (χ1n) is 8.71. The van der Waals surface area contributed by atoms with Gasteiger partial charge in [-0.3, -0.25) is 4.90 Å². The molecular formula is C18H31NO2. The van der Waals surface area contributed by atoms with E-state index >= 15 is 0 Å². The molecule has 3 nitrogen and oxygen atoms in total. The highest BCUT2D eigenvalue weighted by molar-refractivity contribution is 5.23. The Bertz CT molecular complexity index is 400. The number of allylic oxidation sites excluding steroid dienone is 1. The van der Waals surface area contributed by atoms with Gasteiger partial charge in [0, 0.05) is 12.6 Å². The van der Waals surface area contributed by atoms with Crippen LogP contribution in [0.4, 0.5) is 0 Å². The van der Waals surface area contributed by atoms with Crippen molar-refractivity contribution >= 4 is 0 Å². The van der Waals surface area contributed by atoms with Crippen LogP contribution >= 0.6 is 0 Å². The van der Waals surface area contributed by atoms with Gasteiger partial charge in [0.25, 0.3) is 0 Å². The van der Waals surface area contributed by atoms with Crippen LogP contribution in [0.1, 0.15) is 46.5 Å². The first-order valence-corrected chi connectivity index (χ1v) is 8.71. The molecular weight excluding hydrogens is 262 g/mol. The summed E-state index contributed by atoms with van der Waals surface area (Å²) in [5, 5.41) is 10.1. The van der Waals surface area contributed by atoms with Gasteiger partial charge in [-0.2, -0.15) is 0 Å². The summed E-state index contributed by atoms with van der Waals surface area (Å²) >= 11 is 0. The van der Waals surface area contributed by atoms with Crippen molar-refractivity contribution < 1.29 is 9.84 Å². The number of rotatable bonds is 8. The molecule has 2 fully saturated rings. The smallest absolute Gasteiger partial charge is 0.0900 e. The summed E-state index contributed by atoms with van der Waals surface area (Å²) in [5.41, 5.74) is 1.95. The average Bonchev–Trinajstić information content (AvgIpc) is 3.29. The number of hydrogen-bond donors (Lipinski definition) is 1. The molecule has 0 amide bonds. The fourth-order valence-electron chi connectivity index (χ4n) is 4.25. The molecule has 0 saturated heterocycles. The van der Waals surface area contributed by atoms with E-state index in [0.717, 1.165) is 25.0 Å². The fraction of sp³-hybridized carbons (Fsp3) is 0.889. The Balaban J connectivity index is 1.39. The van der Waals surface area contributed by atoms with Crippen molar-refractivity contribution in [3.8, 4) is 0 Å². The molecule has 3 unspecified atom stereocenters. The third-order valence-electron chi connectivity index (χ3n) is 6.08. The van der Waals surface area contributed by atoms with E-state index in [9.17, 15) is 5.11 Å². The zero-order chi connectivity index (χ0) is 15.0. The van der Waals surface area contributed by atoms with E-state index < -0.39 is 0 Å². The number of hydrogen-bond acceptors (Lipinski definition) is 3. The lowest BCUT2D eigenvalue weighted by atomic mass is 9.49. The SMILES string of the molecule is CCN(CC(O)COCC1=CCC2CC1C2(C)C)C1CC1. The van der Waals surface area contributed by atoms with Crippen molar-refractivity contribution in [2.45, 2.75) is 58.6 Å². The van der Waals surface area contributed by atoms with Gasteiger partial charge in [-0.05, 0) is 55.1 Å². The molecule has 0 aromatic carbocycles. The molecule has 4 aliphatic rings. The van der Waals surface area contributed by atoms with Crippen LogP contribution < -0.4 is 0 Å². The van der Waals surface area contributed by atoms with Gasteiger partial charge in [-0.15, -0.1) is 0 Å². The number of likely N-dealkylation sites (N-methyl/N-ethyl adjacent to an activating group) is 1. The second-order valence-corrected chi connectivity index (χ2v) is 7.81. The molecule has 0 spiro atoms. The van der Waals surface area contributed by atoms with Crippen LogP contribution in [0.25, 0.3) is 0 Å². The molecule has 3 atom stereocenters. The minimum absolute atomic E-state index is 0.350. The highest BCUT2D eigenvalue weighted by Crippen LogP contribution is 2.59. The van der Waals surface area contributed by atoms with Gasteiger partial charge in [0.2, 0.25) is 0 Å². The summed E-state index contributed by atoms with van der Waals surface area (Å²) in [6.07, 6.45) is 7.20. The quantitative estimate of drug-likeness (QED) is 0.699. The first kappa shape index (κ1) is 15.5. The van der Waals surface area contributed by atoms with E-state index in [1.165, 1.54) is 31.3 Å². The van der Waals surface area contributed by atoms with E-state index in [2.05, 4.69) is 31.7 Å². The van der Waals surface area contributed by atoms with Crippen molar-refractivity contribution in [2.75, 3.05) is 26.3 Å². The molecule has 21 heavy (non-hydrogen) atoms. The van der Waals surface area contributed by atoms with E-state index in [0.29, 0.717) is 24.5 Å². The third-order valence-corrected chi connectivity index (χ3v) is 6.08. The van der Waals surface area contributed by atoms with Crippen LogP contribution in [0.5, 0.6) is 0 Å². The second-order valence-electron chi connectivity index (χ2n) is 7.81. The van der Waals surface area contributed by atoms with Gasteiger partial charge in [0.15, 0.2) is 0 Å². The molecule has 2 saturated carbocycles. The third kappa shape index (κ3) is 3.20.